The monoisotopic (exact) mass is 337 g/mol. The van der Waals surface area contributed by atoms with E-state index in [0.29, 0.717) is 19.1 Å². The Bertz CT molecular complexity index is 458. The van der Waals surface area contributed by atoms with Crippen LogP contribution < -0.4 is 0 Å². The summed E-state index contributed by atoms with van der Waals surface area (Å²) in [5.74, 6) is 0.627. The molecule has 4 nitrogen and oxygen atoms in total. The minimum Gasteiger partial charge on any atom is -0.450 e. The maximum absolute atomic E-state index is 12.6. The molecule has 4 atom stereocenters. The van der Waals surface area contributed by atoms with E-state index in [1.165, 1.54) is 0 Å². The van der Waals surface area contributed by atoms with Crippen LogP contribution in [0.2, 0.25) is 25.7 Å². The molecule has 130 valence electrons. The summed E-state index contributed by atoms with van der Waals surface area (Å²) in [4.78, 5) is 14.5. The summed E-state index contributed by atoms with van der Waals surface area (Å²) in [5.41, 5.74) is 0. The smallest absolute Gasteiger partial charge is 0.410 e. The van der Waals surface area contributed by atoms with Crippen molar-refractivity contribution in [3.8, 4) is 0 Å². The summed E-state index contributed by atoms with van der Waals surface area (Å²) >= 11 is 0. The molecule has 0 unspecified atom stereocenters. The molecule has 0 saturated heterocycles. The Balaban J connectivity index is 2.02. The molecule has 1 fully saturated rings. The molecule has 1 amide bonds. The lowest BCUT2D eigenvalue weighted by molar-refractivity contribution is 0.0825. The van der Waals surface area contributed by atoms with E-state index in [2.05, 4.69) is 26.2 Å². The maximum Gasteiger partial charge on any atom is 0.410 e. The van der Waals surface area contributed by atoms with Gasteiger partial charge in [-0.15, -0.1) is 6.58 Å². The fraction of sp³-hybridized carbons (Fsp3) is 0.722. The summed E-state index contributed by atoms with van der Waals surface area (Å²) in [6.45, 7) is 11.8. The molecule has 0 aromatic carbocycles. The zero-order valence-corrected chi connectivity index (χ0v) is 15.7. The van der Waals surface area contributed by atoms with E-state index in [9.17, 15) is 9.90 Å². The number of carbonyl (C=O) groups is 1. The third-order valence-corrected chi connectivity index (χ3v) is 6.52. The van der Waals surface area contributed by atoms with Crippen LogP contribution >= 0.6 is 0 Å². The molecule has 0 spiro atoms. The molecule has 23 heavy (non-hydrogen) atoms. The molecule has 1 aliphatic carbocycles. The van der Waals surface area contributed by atoms with Gasteiger partial charge in [-0.1, -0.05) is 37.9 Å². The van der Waals surface area contributed by atoms with Crippen molar-refractivity contribution in [2.75, 3.05) is 13.2 Å². The van der Waals surface area contributed by atoms with Crippen LogP contribution in [0.4, 0.5) is 4.79 Å². The van der Waals surface area contributed by atoms with Gasteiger partial charge in [-0.05, 0) is 37.1 Å². The van der Waals surface area contributed by atoms with Crippen molar-refractivity contribution in [1.82, 2.24) is 4.90 Å². The number of aliphatic hydroxyl groups is 1. The van der Waals surface area contributed by atoms with Crippen LogP contribution in [-0.4, -0.2) is 49.5 Å². The first-order valence-electron chi connectivity index (χ1n) is 8.72. The van der Waals surface area contributed by atoms with E-state index in [-0.39, 0.29) is 24.2 Å². The standard InChI is InChI=1S/C18H31NO3Si/c1-5-8-16-14-13-15(14)17(20)9-6-7-10-19(16)18(21)22-11-12-23(2,3)4/h5-6,9,14-17,20H,1,7-8,10-13H2,2-4H3/b9-6-/t14-,15+,16+,17-/m1/s1. The summed E-state index contributed by atoms with van der Waals surface area (Å²) in [6.07, 6.45) is 7.65. The lowest BCUT2D eigenvalue weighted by Crippen LogP contribution is -2.43. The highest BCUT2D eigenvalue weighted by Gasteiger charge is 2.49. The van der Waals surface area contributed by atoms with Crippen molar-refractivity contribution in [3.05, 3.63) is 24.8 Å². The van der Waals surface area contributed by atoms with Gasteiger partial charge >= 0.3 is 6.09 Å². The van der Waals surface area contributed by atoms with Crippen LogP contribution in [0.1, 0.15) is 19.3 Å². The number of hydrogen-bond donors (Lipinski definition) is 1. The van der Waals surface area contributed by atoms with Crippen molar-refractivity contribution in [3.63, 3.8) is 0 Å². The number of carbonyl (C=O) groups excluding carboxylic acids is 1. The minimum atomic E-state index is -1.20. The average molecular weight is 338 g/mol. The first kappa shape index (κ1) is 18.3. The van der Waals surface area contributed by atoms with E-state index in [1.54, 1.807) is 0 Å². The third-order valence-electron chi connectivity index (χ3n) is 4.81. The van der Waals surface area contributed by atoms with Gasteiger partial charge in [-0.3, -0.25) is 0 Å². The quantitative estimate of drug-likeness (QED) is 0.615. The zero-order chi connectivity index (χ0) is 17.0. The second kappa shape index (κ2) is 7.66. The second-order valence-corrected chi connectivity index (χ2v) is 13.6. The van der Waals surface area contributed by atoms with Crippen LogP contribution in [0, 0.1) is 11.8 Å². The normalized spacial score (nSPS) is 32.1. The van der Waals surface area contributed by atoms with Crippen molar-refractivity contribution < 1.29 is 14.6 Å². The fourth-order valence-corrected chi connectivity index (χ4v) is 4.00. The van der Waals surface area contributed by atoms with Gasteiger partial charge in [0.2, 0.25) is 0 Å². The van der Waals surface area contributed by atoms with Crippen LogP contribution in [0.25, 0.3) is 0 Å². The lowest BCUT2D eigenvalue weighted by Gasteiger charge is -2.31. The van der Waals surface area contributed by atoms with E-state index < -0.39 is 8.07 Å². The molecular formula is C18H31NO3Si. The summed E-state index contributed by atoms with van der Waals surface area (Å²) in [7, 11) is -1.20. The number of ether oxygens (including phenoxy) is 1. The minimum absolute atomic E-state index is 0.103. The molecule has 0 aromatic heterocycles. The maximum atomic E-state index is 12.6. The molecule has 1 heterocycles. The second-order valence-electron chi connectivity index (χ2n) is 7.98. The number of rotatable bonds is 5. The average Bonchev–Trinajstić information content (AvgIpc) is 3.23. The van der Waals surface area contributed by atoms with E-state index in [1.807, 2.05) is 23.1 Å². The highest BCUT2D eigenvalue weighted by Crippen LogP contribution is 2.47. The Hall–Kier alpha value is -1.07. The molecule has 2 aliphatic rings. The van der Waals surface area contributed by atoms with E-state index in [0.717, 1.165) is 25.3 Å². The number of hydrogen-bond acceptors (Lipinski definition) is 3. The van der Waals surface area contributed by atoms with Crippen molar-refractivity contribution in [2.45, 2.75) is 57.1 Å². The number of aliphatic hydroxyl groups excluding tert-OH is 1. The largest absolute Gasteiger partial charge is 0.450 e. The first-order chi connectivity index (χ1) is 10.8. The van der Waals surface area contributed by atoms with Crippen LogP contribution in [0.5, 0.6) is 0 Å². The molecule has 1 aliphatic heterocycles. The zero-order valence-electron chi connectivity index (χ0n) is 14.7. The van der Waals surface area contributed by atoms with Crippen molar-refractivity contribution >= 4 is 14.2 Å². The Morgan fingerprint density at radius 3 is 2.83 bits per heavy atom. The highest BCUT2D eigenvalue weighted by atomic mass is 28.3. The number of fused-ring (bicyclic) bond motifs is 1. The predicted octanol–water partition coefficient (Wildman–Crippen LogP) is 3.66. The molecular weight excluding hydrogens is 306 g/mol. The van der Waals surface area contributed by atoms with Gasteiger partial charge in [0.05, 0.1) is 12.7 Å². The Morgan fingerprint density at radius 1 is 1.43 bits per heavy atom. The van der Waals surface area contributed by atoms with Crippen molar-refractivity contribution in [1.29, 1.82) is 0 Å². The fourth-order valence-electron chi connectivity index (χ4n) is 3.29. The van der Waals surface area contributed by atoms with Gasteiger partial charge in [-0.25, -0.2) is 4.79 Å². The van der Waals surface area contributed by atoms with Gasteiger partial charge in [0.25, 0.3) is 0 Å². The molecule has 1 N–H and O–H groups in total. The predicted molar refractivity (Wildman–Crippen MR) is 96.2 cm³/mol. The van der Waals surface area contributed by atoms with Crippen LogP contribution in [0.15, 0.2) is 24.8 Å². The molecule has 0 bridgehead atoms. The summed E-state index contributed by atoms with van der Waals surface area (Å²) < 4.78 is 5.57. The molecule has 2 rings (SSSR count). The first-order valence-corrected chi connectivity index (χ1v) is 12.4. The van der Waals surface area contributed by atoms with Gasteiger partial charge in [0, 0.05) is 20.7 Å². The number of nitrogens with zero attached hydrogens (tertiary/aromatic N) is 1. The SMILES string of the molecule is C=CC[C@H]1[C@@H]2C[C@@H]2[C@H](O)/C=C\CCN1C(=O)OCC[Si](C)(C)C. The van der Waals surface area contributed by atoms with E-state index in [4.69, 9.17) is 4.74 Å². The Kier molecular flexibility index (Phi) is 6.09. The Labute approximate surface area is 141 Å². The molecule has 0 aromatic rings. The Morgan fingerprint density at radius 2 is 2.17 bits per heavy atom. The molecule has 5 heteroatoms. The van der Waals surface area contributed by atoms with Gasteiger partial charge in [0.1, 0.15) is 0 Å². The highest BCUT2D eigenvalue weighted by molar-refractivity contribution is 6.76. The lowest BCUT2D eigenvalue weighted by atomic mass is 10.0. The topological polar surface area (TPSA) is 49.8 Å². The van der Waals surface area contributed by atoms with E-state index >= 15 is 0 Å². The molecule has 1 saturated carbocycles. The third kappa shape index (κ3) is 5.21. The summed E-state index contributed by atoms with van der Waals surface area (Å²) in [5, 5.41) is 10.1. The summed E-state index contributed by atoms with van der Waals surface area (Å²) in [6, 6.07) is 1.09. The van der Waals surface area contributed by atoms with Gasteiger partial charge < -0.3 is 14.7 Å². The van der Waals surface area contributed by atoms with Gasteiger partial charge in [-0.2, -0.15) is 0 Å². The van der Waals surface area contributed by atoms with Crippen molar-refractivity contribution in [2.24, 2.45) is 11.8 Å². The van der Waals surface area contributed by atoms with Crippen LogP contribution in [-0.2, 0) is 4.74 Å². The molecule has 0 radical (unpaired) electrons. The number of amides is 1. The van der Waals surface area contributed by atoms with Crippen LogP contribution in [0.3, 0.4) is 0 Å². The van der Waals surface area contributed by atoms with Gasteiger partial charge in [0.15, 0.2) is 0 Å².